The molecule has 3 aromatic heterocycles. The Morgan fingerprint density at radius 1 is 1.16 bits per heavy atom. The maximum Gasteiger partial charge on any atom is 0.263 e. The molecule has 0 spiro atoms. The van der Waals surface area contributed by atoms with E-state index in [4.69, 9.17) is 0 Å². The van der Waals surface area contributed by atoms with Crippen molar-refractivity contribution in [1.82, 2.24) is 19.4 Å². The van der Waals surface area contributed by atoms with Gasteiger partial charge in [0.15, 0.2) is 0 Å². The summed E-state index contributed by atoms with van der Waals surface area (Å²) in [5, 5.41) is 2.22. The lowest BCUT2D eigenvalue weighted by atomic mass is 9.95. The molecule has 1 fully saturated rings. The molecular weight excluding hydrogens is 420 g/mol. The molecule has 6 nitrogen and oxygen atoms in total. The van der Waals surface area contributed by atoms with E-state index in [0.29, 0.717) is 0 Å². The number of hydrogen-bond acceptors (Lipinski definition) is 5. The highest BCUT2D eigenvalue weighted by Crippen LogP contribution is 2.40. The summed E-state index contributed by atoms with van der Waals surface area (Å²) in [5.74, 6) is 0.356. The fourth-order valence-corrected chi connectivity index (χ4v) is 6.06. The van der Waals surface area contributed by atoms with E-state index in [0.717, 1.165) is 63.2 Å². The summed E-state index contributed by atoms with van der Waals surface area (Å²) in [7, 11) is 3.60. The lowest BCUT2D eigenvalue weighted by molar-refractivity contribution is 0.0830. The minimum absolute atomic E-state index is 0.0239. The van der Waals surface area contributed by atoms with Crippen LogP contribution in [0.15, 0.2) is 48.8 Å². The Labute approximate surface area is 191 Å². The Bertz CT molecular complexity index is 1340. The number of para-hydroxylation sites is 1. The van der Waals surface area contributed by atoms with E-state index >= 15 is 0 Å². The minimum Gasteiger partial charge on any atom is -0.344 e. The van der Waals surface area contributed by atoms with Gasteiger partial charge in [-0.3, -0.25) is 19.1 Å². The van der Waals surface area contributed by atoms with Crippen LogP contribution in [0.25, 0.3) is 21.1 Å². The van der Waals surface area contributed by atoms with E-state index in [1.807, 2.05) is 30.5 Å². The summed E-state index contributed by atoms with van der Waals surface area (Å²) in [5.41, 5.74) is 3.27. The number of benzene rings is 1. The maximum absolute atomic E-state index is 12.9. The number of carbonyl (C=O) groups is 2. The second-order valence-corrected chi connectivity index (χ2v) is 9.68. The number of rotatable bonds is 4. The first-order chi connectivity index (χ1) is 15.4. The summed E-state index contributed by atoms with van der Waals surface area (Å²) < 4.78 is 1.74. The van der Waals surface area contributed by atoms with E-state index in [-0.39, 0.29) is 17.7 Å². The zero-order valence-electron chi connectivity index (χ0n) is 18.5. The number of aromatic nitrogens is 2. The molecule has 1 unspecified atom stereocenters. The molecule has 0 N–H and O–H groups in total. The number of fused-ring (bicyclic) bond motifs is 2. The molecule has 32 heavy (non-hydrogen) atoms. The van der Waals surface area contributed by atoms with Crippen molar-refractivity contribution in [1.29, 1.82) is 0 Å². The van der Waals surface area contributed by atoms with E-state index in [1.165, 1.54) is 11.3 Å². The topological polar surface area (TPSA) is 58.4 Å². The monoisotopic (exact) mass is 446 g/mol. The molecule has 4 heterocycles. The summed E-state index contributed by atoms with van der Waals surface area (Å²) in [6, 6.07) is 12.1. The number of likely N-dealkylation sites (tertiary alicyclic amines) is 1. The number of carbonyl (C=O) groups excluding carboxylic acids is 2. The summed E-state index contributed by atoms with van der Waals surface area (Å²) in [6.45, 7) is 4.22. The van der Waals surface area contributed by atoms with Gasteiger partial charge in [-0.05, 0) is 36.2 Å². The van der Waals surface area contributed by atoms with Crippen LogP contribution in [-0.4, -0.2) is 58.4 Å². The average molecular weight is 447 g/mol. The van der Waals surface area contributed by atoms with Gasteiger partial charge in [-0.25, -0.2) is 4.98 Å². The first kappa shape index (κ1) is 20.8. The molecule has 1 atom stereocenters. The molecule has 0 radical (unpaired) electrons. The van der Waals surface area contributed by atoms with Crippen molar-refractivity contribution in [3.05, 3.63) is 64.8 Å². The van der Waals surface area contributed by atoms with Crippen molar-refractivity contribution in [2.45, 2.75) is 25.8 Å². The van der Waals surface area contributed by atoms with Gasteiger partial charge in [0, 0.05) is 63.2 Å². The Morgan fingerprint density at radius 2 is 1.94 bits per heavy atom. The van der Waals surface area contributed by atoms with Gasteiger partial charge in [-0.15, -0.1) is 11.3 Å². The fraction of sp³-hybridized carbons (Fsp3) is 0.320. The first-order valence-electron chi connectivity index (χ1n) is 10.9. The predicted octanol–water partition coefficient (Wildman–Crippen LogP) is 4.60. The van der Waals surface area contributed by atoms with Gasteiger partial charge < -0.3 is 4.90 Å². The maximum atomic E-state index is 12.9. The van der Waals surface area contributed by atoms with E-state index in [1.54, 1.807) is 36.7 Å². The van der Waals surface area contributed by atoms with Crippen LogP contribution in [0.4, 0.5) is 0 Å². The van der Waals surface area contributed by atoms with Crippen LogP contribution in [0.3, 0.4) is 0 Å². The van der Waals surface area contributed by atoms with Crippen molar-refractivity contribution in [3.8, 4) is 0 Å². The molecule has 1 aliphatic heterocycles. The number of pyridine rings is 1. The molecule has 7 heteroatoms. The fourth-order valence-electron chi connectivity index (χ4n) is 4.81. The molecule has 4 aromatic rings. The van der Waals surface area contributed by atoms with Crippen molar-refractivity contribution in [2.75, 3.05) is 27.2 Å². The van der Waals surface area contributed by atoms with Gasteiger partial charge in [0.1, 0.15) is 4.83 Å². The van der Waals surface area contributed by atoms with Gasteiger partial charge in [-0.1, -0.05) is 24.3 Å². The molecule has 164 valence electrons. The lowest BCUT2D eigenvalue weighted by Crippen LogP contribution is -2.23. The third-order valence-electron chi connectivity index (χ3n) is 6.31. The van der Waals surface area contributed by atoms with Crippen LogP contribution < -0.4 is 0 Å². The normalized spacial score (nSPS) is 16.8. The number of amides is 1. The molecule has 1 aliphatic rings. The van der Waals surface area contributed by atoms with Gasteiger partial charge in [0.2, 0.25) is 5.91 Å². The average Bonchev–Trinajstić information content (AvgIpc) is 3.48. The van der Waals surface area contributed by atoms with Crippen molar-refractivity contribution in [3.63, 3.8) is 0 Å². The Morgan fingerprint density at radius 3 is 2.72 bits per heavy atom. The summed E-state index contributed by atoms with van der Waals surface area (Å²) in [6.07, 6.45) is 4.77. The van der Waals surface area contributed by atoms with Gasteiger partial charge >= 0.3 is 0 Å². The zero-order chi connectivity index (χ0) is 22.4. The third-order valence-corrected chi connectivity index (χ3v) is 7.43. The third kappa shape index (κ3) is 3.51. The number of nitrogens with zero attached hydrogens (tertiary/aromatic N) is 4. The highest BCUT2D eigenvalue weighted by Gasteiger charge is 2.31. The number of thiophene rings is 1. The van der Waals surface area contributed by atoms with Crippen LogP contribution in [0.1, 0.15) is 44.9 Å². The zero-order valence-corrected chi connectivity index (χ0v) is 19.4. The summed E-state index contributed by atoms with van der Waals surface area (Å²) in [4.78, 5) is 35.4. The van der Waals surface area contributed by atoms with Gasteiger partial charge in [-0.2, -0.15) is 0 Å². The van der Waals surface area contributed by atoms with Crippen molar-refractivity contribution >= 4 is 44.3 Å². The van der Waals surface area contributed by atoms with E-state index in [9.17, 15) is 9.59 Å². The standard InChI is InChI=1S/C25H26N4O2S/c1-16(30)29-15-18(19-7-4-5-9-21(19)29)14-28-12-10-17(13-28)22-20-8-6-11-26-24(20)32-23(22)25(31)27(2)3/h4-9,11,15,17H,10,12-14H2,1-3H3. The molecule has 0 aliphatic carbocycles. The molecule has 1 saturated heterocycles. The van der Waals surface area contributed by atoms with Crippen LogP contribution in [0.5, 0.6) is 0 Å². The lowest BCUT2D eigenvalue weighted by Gasteiger charge is -2.17. The Balaban J connectivity index is 1.46. The Kier molecular flexibility index (Phi) is 5.31. The highest BCUT2D eigenvalue weighted by atomic mass is 32.1. The molecular formula is C25H26N4O2S. The molecule has 0 bridgehead atoms. The molecule has 0 saturated carbocycles. The quantitative estimate of drug-likeness (QED) is 0.460. The van der Waals surface area contributed by atoms with Crippen LogP contribution in [0, 0.1) is 0 Å². The predicted molar refractivity (Wildman–Crippen MR) is 129 cm³/mol. The molecule has 1 aromatic carbocycles. The van der Waals surface area contributed by atoms with E-state index in [2.05, 4.69) is 22.0 Å². The molecule has 1 amide bonds. The van der Waals surface area contributed by atoms with Gasteiger partial charge in [0.25, 0.3) is 5.91 Å². The first-order valence-corrected chi connectivity index (χ1v) is 11.7. The van der Waals surface area contributed by atoms with Gasteiger partial charge in [0.05, 0.1) is 10.4 Å². The summed E-state index contributed by atoms with van der Waals surface area (Å²) >= 11 is 1.50. The second kappa shape index (κ2) is 8.15. The van der Waals surface area contributed by atoms with Crippen molar-refractivity contribution in [2.24, 2.45) is 0 Å². The second-order valence-electron chi connectivity index (χ2n) is 8.68. The molecule has 5 rings (SSSR count). The smallest absolute Gasteiger partial charge is 0.263 e. The highest BCUT2D eigenvalue weighted by molar-refractivity contribution is 7.20. The minimum atomic E-state index is 0.0239. The van der Waals surface area contributed by atoms with Crippen LogP contribution >= 0.6 is 11.3 Å². The SMILES string of the molecule is CC(=O)n1cc(CN2CCC(c3c(C(=O)N(C)C)sc4ncccc34)C2)c2ccccc21. The number of hydrogen-bond donors (Lipinski definition) is 0. The largest absolute Gasteiger partial charge is 0.344 e. The Hall–Kier alpha value is -3.03. The van der Waals surface area contributed by atoms with Crippen LogP contribution in [0.2, 0.25) is 0 Å². The van der Waals surface area contributed by atoms with E-state index < -0.39 is 0 Å². The van der Waals surface area contributed by atoms with Crippen LogP contribution in [-0.2, 0) is 6.54 Å². The van der Waals surface area contributed by atoms with Crippen molar-refractivity contribution < 1.29 is 9.59 Å².